The second-order valence-corrected chi connectivity index (χ2v) is 3.84. The maximum Gasteiger partial charge on any atom is 0.415 e. The summed E-state index contributed by atoms with van der Waals surface area (Å²) in [6.07, 6.45) is -5.34. The van der Waals surface area contributed by atoms with Crippen LogP contribution in [0.1, 0.15) is 12.8 Å². The number of aliphatic hydroxyl groups is 1. The van der Waals surface area contributed by atoms with Gasteiger partial charge in [0.1, 0.15) is 0 Å². The average Bonchev–Trinajstić information content (AvgIpc) is 2.17. The summed E-state index contributed by atoms with van der Waals surface area (Å²) in [7, 11) is 1.60. The molecule has 0 spiro atoms. The first-order chi connectivity index (χ1) is 6.91. The van der Waals surface area contributed by atoms with E-state index in [1.165, 1.54) is 0 Å². The Morgan fingerprint density at radius 3 is 2.40 bits per heavy atom. The average molecular weight is 227 g/mol. The molecule has 90 valence electrons. The maximum atomic E-state index is 12.1. The van der Waals surface area contributed by atoms with Gasteiger partial charge >= 0.3 is 6.18 Å². The highest BCUT2D eigenvalue weighted by atomic mass is 19.4. The number of likely N-dealkylation sites (N-methyl/N-ethyl adjacent to an activating group) is 1. The van der Waals surface area contributed by atoms with Gasteiger partial charge in [-0.3, -0.25) is 0 Å². The molecule has 15 heavy (non-hydrogen) atoms. The quantitative estimate of drug-likeness (QED) is 0.781. The fourth-order valence-electron chi connectivity index (χ4n) is 1.65. The smallest absolute Gasteiger partial charge is 0.382 e. The maximum absolute atomic E-state index is 12.1. The first-order valence-corrected chi connectivity index (χ1v) is 4.94. The molecule has 1 fully saturated rings. The molecule has 0 radical (unpaired) electrons. The Kier molecular flexibility index (Phi) is 4.36. The van der Waals surface area contributed by atoms with Gasteiger partial charge in [-0.1, -0.05) is 0 Å². The molecule has 3 nitrogen and oxygen atoms in total. The van der Waals surface area contributed by atoms with Crippen molar-refractivity contribution in [2.24, 2.45) is 0 Å². The van der Waals surface area contributed by atoms with Crippen molar-refractivity contribution in [1.82, 2.24) is 4.90 Å². The normalized spacial score (nSPS) is 22.0. The summed E-state index contributed by atoms with van der Waals surface area (Å²) in [5.74, 6) is 0. The van der Waals surface area contributed by atoms with Crippen LogP contribution in [0.5, 0.6) is 0 Å². The Hall–Kier alpha value is -0.330. The van der Waals surface area contributed by atoms with Crippen LogP contribution >= 0.6 is 0 Å². The molecule has 0 saturated carbocycles. The lowest BCUT2D eigenvalue weighted by Crippen LogP contribution is -2.45. The monoisotopic (exact) mass is 227 g/mol. The zero-order valence-corrected chi connectivity index (χ0v) is 8.63. The van der Waals surface area contributed by atoms with Gasteiger partial charge < -0.3 is 14.7 Å². The van der Waals surface area contributed by atoms with Gasteiger partial charge in [0.15, 0.2) is 6.10 Å². The number of hydrogen-bond acceptors (Lipinski definition) is 3. The molecule has 1 atom stereocenters. The van der Waals surface area contributed by atoms with E-state index >= 15 is 0 Å². The summed E-state index contributed by atoms with van der Waals surface area (Å²) in [5.41, 5.74) is 0. The predicted octanol–water partition coefficient (Wildman–Crippen LogP) is 1.02. The summed E-state index contributed by atoms with van der Waals surface area (Å²) in [5, 5.41) is 8.89. The summed E-state index contributed by atoms with van der Waals surface area (Å²) in [6.45, 7) is 0.794. The third kappa shape index (κ3) is 3.96. The molecule has 0 aromatic carbocycles. The Morgan fingerprint density at radius 2 is 1.93 bits per heavy atom. The summed E-state index contributed by atoms with van der Waals surface area (Å²) in [6, 6.07) is 0.0794. The lowest BCUT2D eigenvalue weighted by molar-refractivity contribution is -0.209. The number of halogens is 3. The number of alkyl halides is 3. The molecule has 1 heterocycles. The fourth-order valence-corrected chi connectivity index (χ4v) is 1.65. The Balaban J connectivity index is 2.36. The minimum atomic E-state index is -4.53. The Labute approximate surface area is 86.8 Å². The van der Waals surface area contributed by atoms with Crippen LogP contribution in [0.2, 0.25) is 0 Å². The van der Waals surface area contributed by atoms with Gasteiger partial charge in [-0.05, 0) is 19.9 Å². The zero-order chi connectivity index (χ0) is 11.5. The van der Waals surface area contributed by atoms with Crippen molar-refractivity contribution in [3.63, 3.8) is 0 Å². The molecule has 1 rings (SSSR count). The van der Waals surface area contributed by atoms with Crippen LogP contribution < -0.4 is 0 Å². The lowest BCUT2D eigenvalue weighted by Gasteiger charge is -2.32. The van der Waals surface area contributed by atoms with E-state index in [1.807, 2.05) is 0 Å². The van der Waals surface area contributed by atoms with Gasteiger partial charge in [-0.15, -0.1) is 0 Å². The fraction of sp³-hybridized carbons (Fsp3) is 1.00. The van der Waals surface area contributed by atoms with Crippen molar-refractivity contribution in [3.8, 4) is 0 Å². The number of ether oxygens (including phenoxy) is 1. The van der Waals surface area contributed by atoms with Gasteiger partial charge in [0.05, 0.1) is 0 Å². The molecule has 1 saturated heterocycles. The van der Waals surface area contributed by atoms with Gasteiger partial charge in [0.25, 0.3) is 0 Å². The molecular formula is C9H16F3NO2. The first-order valence-electron chi connectivity index (χ1n) is 4.94. The molecule has 6 heteroatoms. The van der Waals surface area contributed by atoms with Crippen molar-refractivity contribution in [2.45, 2.75) is 31.2 Å². The molecular weight excluding hydrogens is 211 g/mol. The van der Waals surface area contributed by atoms with Crippen LogP contribution in [-0.2, 0) is 4.74 Å². The molecule has 1 unspecified atom stereocenters. The van der Waals surface area contributed by atoms with Crippen molar-refractivity contribution in [2.75, 3.05) is 26.8 Å². The van der Waals surface area contributed by atoms with E-state index in [0.717, 1.165) is 12.8 Å². The number of nitrogens with zero attached hydrogens (tertiary/aromatic N) is 1. The highest BCUT2D eigenvalue weighted by Crippen LogP contribution is 2.22. The molecule has 0 aromatic rings. The van der Waals surface area contributed by atoms with E-state index < -0.39 is 12.3 Å². The van der Waals surface area contributed by atoms with Crippen molar-refractivity contribution >= 4 is 0 Å². The zero-order valence-electron chi connectivity index (χ0n) is 8.63. The van der Waals surface area contributed by atoms with E-state index in [-0.39, 0.29) is 12.6 Å². The van der Waals surface area contributed by atoms with Crippen molar-refractivity contribution in [3.05, 3.63) is 0 Å². The number of rotatable bonds is 3. The summed E-state index contributed by atoms with van der Waals surface area (Å²) >= 11 is 0. The second-order valence-electron chi connectivity index (χ2n) is 3.84. The van der Waals surface area contributed by atoms with Crippen molar-refractivity contribution < 1.29 is 23.0 Å². The van der Waals surface area contributed by atoms with Crippen LogP contribution in [0, 0.1) is 0 Å². The minimum absolute atomic E-state index is 0.0794. The lowest BCUT2D eigenvalue weighted by atomic mass is 10.1. The van der Waals surface area contributed by atoms with Crippen molar-refractivity contribution in [1.29, 1.82) is 0 Å². The van der Waals surface area contributed by atoms with Crippen LogP contribution in [0.15, 0.2) is 0 Å². The van der Waals surface area contributed by atoms with E-state index in [2.05, 4.69) is 0 Å². The van der Waals surface area contributed by atoms with Crippen LogP contribution in [0.3, 0.4) is 0 Å². The largest absolute Gasteiger partial charge is 0.415 e. The first kappa shape index (κ1) is 12.7. The van der Waals surface area contributed by atoms with E-state index in [9.17, 15) is 13.2 Å². The second kappa shape index (κ2) is 5.14. The SMILES string of the molecule is CN(CC(O)C(F)(F)F)C1CCOCC1. The van der Waals surface area contributed by atoms with E-state index in [0.29, 0.717) is 13.2 Å². The number of aliphatic hydroxyl groups excluding tert-OH is 1. The van der Waals surface area contributed by atoms with E-state index in [1.54, 1.807) is 11.9 Å². The minimum Gasteiger partial charge on any atom is -0.382 e. The standard InChI is InChI=1S/C9H16F3NO2/c1-13(6-8(14)9(10,11)12)7-2-4-15-5-3-7/h7-8,14H,2-6H2,1H3. The van der Waals surface area contributed by atoms with Gasteiger partial charge in [0.2, 0.25) is 0 Å². The third-order valence-electron chi connectivity index (χ3n) is 2.65. The molecule has 1 aliphatic rings. The Morgan fingerprint density at radius 1 is 1.40 bits per heavy atom. The van der Waals surface area contributed by atoms with Gasteiger partial charge in [0, 0.05) is 25.8 Å². The molecule has 0 aromatic heterocycles. The van der Waals surface area contributed by atoms with Crippen LogP contribution in [0.25, 0.3) is 0 Å². The van der Waals surface area contributed by atoms with E-state index in [4.69, 9.17) is 9.84 Å². The highest BCUT2D eigenvalue weighted by molar-refractivity contribution is 4.76. The molecule has 0 amide bonds. The highest BCUT2D eigenvalue weighted by Gasteiger charge is 2.39. The number of hydrogen-bond donors (Lipinski definition) is 1. The van der Waals surface area contributed by atoms with Crippen LogP contribution in [-0.4, -0.2) is 55.1 Å². The Bertz CT molecular complexity index is 192. The third-order valence-corrected chi connectivity index (χ3v) is 2.65. The van der Waals surface area contributed by atoms with Gasteiger partial charge in [-0.2, -0.15) is 13.2 Å². The van der Waals surface area contributed by atoms with Gasteiger partial charge in [-0.25, -0.2) is 0 Å². The predicted molar refractivity (Wildman–Crippen MR) is 48.5 cm³/mol. The molecule has 1 N–H and O–H groups in total. The molecule has 0 bridgehead atoms. The molecule has 1 aliphatic heterocycles. The molecule has 0 aliphatic carbocycles. The van der Waals surface area contributed by atoms with Crippen LogP contribution in [0.4, 0.5) is 13.2 Å². The summed E-state index contributed by atoms with van der Waals surface area (Å²) < 4.78 is 41.3. The topological polar surface area (TPSA) is 32.7 Å². The summed E-state index contributed by atoms with van der Waals surface area (Å²) in [4.78, 5) is 1.56.